The molecule has 3 unspecified atom stereocenters. The molecule has 406 valence electrons. The molecule has 0 aromatic carbocycles. The summed E-state index contributed by atoms with van der Waals surface area (Å²) in [4.78, 5) is 26.3. The van der Waals surface area contributed by atoms with Crippen molar-refractivity contribution in [2.45, 2.75) is 315 Å². The van der Waals surface area contributed by atoms with Crippen molar-refractivity contribution < 1.29 is 24.5 Å². The fourth-order valence-corrected chi connectivity index (χ4v) is 8.98. The van der Waals surface area contributed by atoms with Crippen LogP contribution < -0.4 is 5.32 Å². The maximum atomic E-state index is 13.3. The molecule has 0 aliphatic heterocycles. The van der Waals surface area contributed by atoms with Crippen LogP contribution in [-0.4, -0.2) is 46.9 Å². The summed E-state index contributed by atoms with van der Waals surface area (Å²) >= 11 is 0. The minimum Gasteiger partial charge on any atom is -0.462 e. The first-order chi connectivity index (χ1) is 34.5. The molecule has 70 heavy (non-hydrogen) atoms. The fraction of sp³-hybridized carbons (Fsp3) is 0.781. The molecule has 0 heterocycles. The van der Waals surface area contributed by atoms with Crippen LogP contribution in [0.1, 0.15) is 297 Å². The Bertz CT molecular complexity index is 1280. The molecular formula is C64H115NO5. The monoisotopic (exact) mass is 978 g/mol. The second-order valence-corrected chi connectivity index (χ2v) is 20.4. The van der Waals surface area contributed by atoms with E-state index in [0.29, 0.717) is 19.3 Å². The summed E-state index contributed by atoms with van der Waals surface area (Å²) < 4.78 is 5.96. The van der Waals surface area contributed by atoms with Crippen molar-refractivity contribution in [1.29, 1.82) is 0 Å². The highest BCUT2D eigenvalue weighted by molar-refractivity contribution is 5.77. The number of aliphatic hydroxyl groups is 2. The predicted molar refractivity (Wildman–Crippen MR) is 305 cm³/mol. The third-order valence-electron chi connectivity index (χ3n) is 13.5. The zero-order chi connectivity index (χ0) is 50.9. The topological polar surface area (TPSA) is 95.9 Å². The molecule has 0 aliphatic carbocycles. The number of unbranched alkanes of at least 4 members (excludes halogenated alkanes) is 30. The number of allylic oxidation sites excluding steroid dienone is 12. The summed E-state index contributed by atoms with van der Waals surface area (Å²) in [7, 11) is 0. The van der Waals surface area contributed by atoms with Crippen molar-refractivity contribution in [3.05, 3.63) is 72.9 Å². The number of amides is 1. The van der Waals surface area contributed by atoms with Crippen LogP contribution in [-0.2, 0) is 14.3 Å². The van der Waals surface area contributed by atoms with Crippen LogP contribution in [0.3, 0.4) is 0 Å². The van der Waals surface area contributed by atoms with Crippen LogP contribution in [0.15, 0.2) is 72.9 Å². The number of ether oxygens (including phenoxy) is 1. The summed E-state index contributed by atoms with van der Waals surface area (Å²) in [6, 6.07) is -0.714. The van der Waals surface area contributed by atoms with Gasteiger partial charge in [-0.25, -0.2) is 0 Å². The van der Waals surface area contributed by atoms with Crippen molar-refractivity contribution >= 4 is 11.9 Å². The molecule has 0 bridgehead atoms. The van der Waals surface area contributed by atoms with Crippen LogP contribution in [0.4, 0.5) is 0 Å². The van der Waals surface area contributed by atoms with Gasteiger partial charge in [0.25, 0.3) is 0 Å². The van der Waals surface area contributed by atoms with Gasteiger partial charge in [-0.2, -0.15) is 0 Å². The first-order valence-electron chi connectivity index (χ1n) is 30.2. The van der Waals surface area contributed by atoms with Gasteiger partial charge in [-0.05, 0) is 96.3 Å². The molecule has 0 aromatic heterocycles. The second kappa shape index (κ2) is 57.2. The predicted octanol–water partition coefficient (Wildman–Crippen LogP) is 18.9. The van der Waals surface area contributed by atoms with E-state index in [4.69, 9.17) is 4.74 Å². The quantitative estimate of drug-likeness (QED) is 0.0321. The lowest BCUT2D eigenvalue weighted by molar-refractivity contribution is -0.151. The van der Waals surface area contributed by atoms with Gasteiger partial charge in [0.2, 0.25) is 5.91 Å². The number of aliphatic hydroxyl groups excluding tert-OH is 2. The molecular weight excluding hydrogens is 863 g/mol. The van der Waals surface area contributed by atoms with E-state index in [1.54, 1.807) is 0 Å². The number of esters is 1. The Balaban J connectivity index is 4.63. The molecule has 0 aromatic rings. The van der Waals surface area contributed by atoms with Gasteiger partial charge in [0.05, 0.1) is 25.2 Å². The van der Waals surface area contributed by atoms with E-state index in [1.807, 2.05) is 0 Å². The lowest BCUT2D eigenvalue weighted by Crippen LogP contribution is -2.46. The van der Waals surface area contributed by atoms with Gasteiger partial charge >= 0.3 is 5.97 Å². The molecule has 0 radical (unpaired) electrons. The van der Waals surface area contributed by atoms with Crippen molar-refractivity contribution in [2.24, 2.45) is 0 Å². The van der Waals surface area contributed by atoms with Gasteiger partial charge in [-0.1, -0.05) is 261 Å². The minimum atomic E-state index is -0.798. The number of hydrogen-bond acceptors (Lipinski definition) is 5. The molecule has 0 rings (SSSR count). The molecule has 6 heteroatoms. The van der Waals surface area contributed by atoms with Crippen molar-refractivity contribution in [3.8, 4) is 0 Å². The van der Waals surface area contributed by atoms with Crippen LogP contribution in [0.2, 0.25) is 0 Å². The number of carbonyl (C=O) groups excluding carboxylic acids is 2. The van der Waals surface area contributed by atoms with Crippen molar-refractivity contribution in [2.75, 3.05) is 6.61 Å². The third kappa shape index (κ3) is 51.6. The summed E-state index contributed by atoms with van der Waals surface area (Å²) in [5.74, 6) is -0.508. The largest absolute Gasteiger partial charge is 0.462 e. The first-order valence-corrected chi connectivity index (χ1v) is 30.2. The number of carbonyl (C=O) groups is 2. The zero-order valence-corrected chi connectivity index (χ0v) is 46.4. The SMILES string of the molecule is CC/C=C\C/C=C\C/C=C\C/C=C\C/C=C\CCCCCC(=O)OC(CCCCCCCCC/C=C/CCCCCCCC)CC(=O)NC(CO)C(O)CCCCCCCCCCCCCCCCC. The summed E-state index contributed by atoms with van der Waals surface area (Å²) in [6.07, 6.45) is 73.9. The van der Waals surface area contributed by atoms with E-state index >= 15 is 0 Å². The van der Waals surface area contributed by atoms with Gasteiger partial charge < -0.3 is 20.3 Å². The van der Waals surface area contributed by atoms with E-state index in [2.05, 4.69) is 99.0 Å². The maximum Gasteiger partial charge on any atom is 0.306 e. The molecule has 0 aliphatic rings. The van der Waals surface area contributed by atoms with E-state index < -0.39 is 18.2 Å². The Morgan fingerprint density at radius 3 is 1.19 bits per heavy atom. The first kappa shape index (κ1) is 67.3. The fourth-order valence-electron chi connectivity index (χ4n) is 8.98. The van der Waals surface area contributed by atoms with E-state index in [-0.39, 0.29) is 24.9 Å². The molecule has 0 saturated heterocycles. The van der Waals surface area contributed by atoms with Gasteiger partial charge in [0.15, 0.2) is 0 Å². The summed E-state index contributed by atoms with van der Waals surface area (Å²) in [5.41, 5.74) is 0. The lowest BCUT2D eigenvalue weighted by Gasteiger charge is -2.24. The van der Waals surface area contributed by atoms with E-state index in [1.165, 1.54) is 154 Å². The average Bonchev–Trinajstić information content (AvgIpc) is 3.35. The van der Waals surface area contributed by atoms with Crippen LogP contribution in [0, 0.1) is 0 Å². The Kier molecular flexibility index (Phi) is 55.0. The number of hydrogen-bond donors (Lipinski definition) is 3. The highest BCUT2D eigenvalue weighted by Crippen LogP contribution is 2.18. The molecule has 0 spiro atoms. The van der Waals surface area contributed by atoms with Crippen LogP contribution in [0.5, 0.6) is 0 Å². The van der Waals surface area contributed by atoms with Gasteiger partial charge in [-0.15, -0.1) is 0 Å². The molecule has 3 N–H and O–H groups in total. The van der Waals surface area contributed by atoms with Crippen LogP contribution in [0.25, 0.3) is 0 Å². The smallest absolute Gasteiger partial charge is 0.306 e. The number of nitrogens with one attached hydrogen (secondary N) is 1. The highest BCUT2D eigenvalue weighted by Gasteiger charge is 2.24. The summed E-state index contributed by atoms with van der Waals surface area (Å²) in [6.45, 7) is 6.39. The Labute approximate surface area is 434 Å². The normalized spacial score (nSPS) is 13.6. The highest BCUT2D eigenvalue weighted by atomic mass is 16.5. The third-order valence-corrected chi connectivity index (χ3v) is 13.5. The number of rotatable bonds is 54. The Hall–Kier alpha value is -2.70. The minimum absolute atomic E-state index is 0.0599. The lowest BCUT2D eigenvalue weighted by atomic mass is 10.0. The van der Waals surface area contributed by atoms with Crippen molar-refractivity contribution in [3.63, 3.8) is 0 Å². The molecule has 0 saturated carbocycles. The molecule has 1 amide bonds. The van der Waals surface area contributed by atoms with Gasteiger partial charge in [0, 0.05) is 6.42 Å². The second-order valence-electron chi connectivity index (χ2n) is 20.4. The molecule has 0 fully saturated rings. The molecule has 3 atom stereocenters. The van der Waals surface area contributed by atoms with Gasteiger partial charge in [-0.3, -0.25) is 9.59 Å². The molecule has 6 nitrogen and oxygen atoms in total. The maximum absolute atomic E-state index is 13.3. The zero-order valence-electron chi connectivity index (χ0n) is 46.4. The standard InChI is InChI=1S/C64H115NO5/c1-4-7-10-13-16-19-22-25-28-30-31-33-36-39-42-45-48-51-54-57-64(69)70-60(55-52-49-46-43-40-37-35-32-29-26-23-20-17-14-11-8-5-2)58-63(68)65-61(59-66)62(67)56-53-50-47-44-41-38-34-27-24-21-18-15-12-9-6-3/h7,10,16,19,25-26,28-29,31,33,39,42,60-62,66-67H,4-6,8-9,11-15,17-18,20-24,27,30,32,34-38,40-41,43-59H2,1-3H3,(H,65,68)/b10-7-,19-16-,28-25-,29-26+,33-31-,42-39-. The van der Waals surface area contributed by atoms with E-state index in [0.717, 1.165) is 96.3 Å². The van der Waals surface area contributed by atoms with E-state index in [9.17, 15) is 19.8 Å². The summed E-state index contributed by atoms with van der Waals surface area (Å²) in [5, 5.41) is 23.9. The average molecular weight is 979 g/mol. The van der Waals surface area contributed by atoms with Crippen molar-refractivity contribution in [1.82, 2.24) is 5.32 Å². The van der Waals surface area contributed by atoms with Gasteiger partial charge in [0.1, 0.15) is 6.10 Å². The Morgan fingerprint density at radius 1 is 0.429 bits per heavy atom. The Morgan fingerprint density at radius 2 is 0.771 bits per heavy atom. The van der Waals surface area contributed by atoms with Crippen LogP contribution >= 0.6 is 0 Å².